The summed E-state index contributed by atoms with van der Waals surface area (Å²) in [6.07, 6.45) is 3.12. The minimum atomic E-state index is -0.0179. The lowest BCUT2D eigenvalue weighted by Gasteiger charge is -2.23. The van der Waals surface area contributed by atoms with Crippen LogP contribution in [0.15, 0.2) is 24.3 Å². The van der Waals surface area contributed by atoms with Gasteiger partial charge in [0.1, 0.15) is 5.75 Å². The Morgan fingerprint density at radius 1 is 1.53 bits per heavy atom. The first-order valence-corrected chi connectivity index (χ1v) is 7.04. The maximum atomic E-state index is 12.1. The Bertz CT molecular complexity index is 414. The highest BCUT2D eigenvalue weighted by molar-refractivity contribution is 5.94. The molecule has 1 saturated heterocycles. The van der Waals surface area contributed by atoms with Crippen molar-refractivity contribution in [1.29, 1.82) is 0 Å². The van der Waals surface area contributed by atoms with Crippen molar-refractivity contribution < 1.29 is 9.53 Å². The Morgan fingerprint density at radius 2 is 2.42 bits per heavy atom. The lowest BCUT2D eigenvalue weighted by atomic mass is 10.1. The van der Waals surface area contributed by atoms with Gasteiger partial charge in [0.15, 0.2) is 0 Å². The zero-order valence-corrected chi connectivity index (χ0v) is 11.4. The van der Waals surface area contributed by atoms with Gasteiger partial charge in [-0.1, -0.05) is 13.0 Å². The molecule has 2 N–H and O–H groups in total. The monoisotopic (exact) mass is 262 g/mol. The minimum Gasteiger partial charge on any atom is -0.494 e. The first-order valence-electron chi connectivity index (χ1n) is 7.04. The Balaban J connectivity index is 1.93. The van der Waals surface area contributed by atoms with Gasteiger partial charge in [0, 0.05) is 18.2 Å². The summed E-state index contributed by atoms with van der Waals surface area (Å²) in [6, 6.07) is 7.61. The molecule has 1 unspecified atom stereocenters. The molecule has 1 amide bonds. The average Bonchev–Trinajstić information content (AvgIpc) is 2.46. The molecule has 4 nitrogen and oxygen atoms in total. The molecule has 0 radical (unpaired) electrons. The molecule has 1 fully saturated rings. The van der Waals surface area contributed by atoms with Crippen molar-refractivity contribution in [1.82, 2.24) is 10.6 Å². The van der Waals surface area contributed by atoms with Crippen LogP contribution in [0.2, 0.25) is 0 Å². The smallest absolute Gasteiger partial charge is 0.251 e. The number of carbonyl (C=O) groups is 1. The van der Waals surface area contributed by atoms with Crippen LogP contribution >= 0.6 is 0 Å². The van der Waals surface area contributed by atoms with Crippen molar-refractivity contribution in [3.05, 3.63) is 29.8 Å². The zero-order chi connectivity index (χ0) is 13.5. The van der Waals surface area contributed by atoms with Crippen LogP contribution in [0.3, 0.4) is 0 Å². The summed E-state index contributed by atoms with van der Waals surface area (Å²) < 4.78 is 5.54. The molecule has 19 heavy (non-hydrogen) atoms. The van der Waals surface area contributed by atoms with E-state index in [-0.39, 0.29) is 11.9 Å². The highest BCUT2D eigenvalue weighted by Gasteiger charge is 2.16. The molecular weight excluding hydrogens is 240 g/mol. The van der Waals surface area contributed by atoms with E-state index in [2.05, 4.69) is 17.6 Å². The second kappa shape index (κ2) is 7.14. The van der Waals surface area contributed by atoms with E-state index in [9.17, 15) is 4.79 Å². The van der Waals surface area contributed by atoms with E-state index in [0.29, 0.717) is 12.2 Å². The van der Waals surface area contributed by atoms with Crippen LogP contribution in [0.1, 0.15) is 36.5 Å². The summed E-state index contributed by atoms with van der Waals surface area (Å²) in [5.74, 6) is 0.743. The predicted octanol–water partition coefficient (Wildman–Crippen LogP) is 1.96. The molecule has 1 aliphatic heterocycles. The molecule has 1 aromatic carbocycles. The summed E-state index contributed by atoms with van der Waals surface area (Å²) in [6.45, 7) is 4.65. The summed E-state index contributed by atoms with van der Waals surface area (Å²) in [4.78, 5) is 12.1. The van der Waals surface area contributed by atoms with Crippen molar-refractivity contribution >= 4 is 5.91 Å². The standard InChI is InChI=1S/C15H22N2O2/c1-2-9-19-14-7-3-5-12(10-14)15(18)17-13-6-4-8-16-11-13/h3,5,7,10,13,16H,2,4,6,8-9,11H2,1H3,(H,17,18). The van der Waals surface area contributed by atoms with E-state index in [1.807, 2.05) is 18.2 Å². The van der Waals surface area contributed by atoms with Crippen LogP contribution in [-0.2, 0) is 0 Å². The van der Waals surface area contributed by atoms with Crippen molar-refractivity contribution in [3.8, 4) is 5.75 Å². The molecule has 0 spiro atoms. The summed E-state index contributed by atoms with van der Waals surface area (Å²) in [7, 11) is 0. The van der Waals surface area contributed by atoms with Crippen LogP contribution in [0, 0.1) is 0 Å². The summed E-state index contributed by atoms with van der Waals surface area (Å²) in [5.41, 5.74) is 0.666. The fourth-order valence-electron chi connectivity index (χ4n) is 2.19. The molecule has 4 heteroatoms. The fraction of sp³-hybridized carbons (Fsp3) is 0.533. The van der Waals surface area contributed by atoms with Gasteiger partial charge in [-0.25, -0.2) is 0 Å². The molecule has 1 aliphatic rings. The van der Waals surface area contributed by atoms with Gasteiger partial charge in [0.2, 0.25) is 0 Å². The van der Waals surface area contributed by atoms with Crippen LogP contribution in [0.4, 0.5) is 0 Å². The molecule has 0 aromatic heterocycles. The minimum absolute atomic E-state index is 0.0179. The number of ether oxygens (including phenoxy) is 1. The molecule has 0 bridgehead atoms. The SMILES string of the molecule is CCCOc1cccc(C(=O)NC2CCCNC2)c1. The molecule has 1 aromatic rings. The number of carbonyl (C=O) groups excluding carboxylic acids is 1. The molecule has 0 aliphatic carbocycles. The zero-order valence-electron chi connectivity index (χ0n) is 11.4. The molecular formula is C15H22N2O2. The Kier molecular flexibility index (Phi) is 5.21. The second-order valence-corrected chi connectivity index (χ2v) is 4.89. The van der Waals surface area contributed by atoms with Crippen LogP contribution < -0.4 is 15.4 Å². The third kappa shape index (κ3) is 4.24. The van der Waals surface area contributed by atoms with Crippen molar-refractivity contribution in [2.75, 3.05) is 19.7 Å². The summed E-state index contributed by atoms with van der Waals surface area (Å²) in [5, 5.41) is 6.35. The van der Waals surface area contributed by atoms with E-state index in [1.165, 1.54) is 0 Å². The quantitative estimate of drug-likeness (QED) is 0.853. The van der Waals surface area contributed by atoms with Gasteiger partial charge in [-0.2, -0.15) is 0 Å². The maximum absolute atomic E-state index is 12.1. The molecule has 1 atom stereocenters. The molecule has 104 valence electrons. The third-order valence-corrected chi connectivity index (χ3v) is 3.20. The van der Waals surface area contributed by atoms with Crippen molar-refractivity contribution in [2.45, 2.75) is 32.2 Å². The van der Waals surface area contributed by atoms with Crippen LogP contribution in [0.25, 0.3) is 0 Å². The number of nitrogens with one attached hydrogen (secondary N) is 2. The topological polar surface area (TPSA) is 50.4 Å². The Morgan fingerprint density at radius 3 is 3.16 bits per heavy atom. The number of benzene rings is 1. The van der Waals surface area contributed by atoms with E-state index in [1.54, 1.807) is 6.07 Å². The second-order valence-electron chi connectivity index (χ2n) is 4.89. The Labute approximate surface area is 114 Å². The van der Waals surface area contributed by atoms with Crippen LogP contribution in [-0.4, -0.2) is 31.6 Å². The van der Waals surface area contributed by atoms with Crippen LogP contribution in [0.5, 0.6) is 5.75 Å². The number of hydrogen-bond acceptors (Lipinski definition) is 3. The van der Waals surface area contributed by atoms with Gasteiger partial charge in [-0.3, -0.25) is 4.79 Å². The predicted molar refractivity (Wildman–Crippen MR) is 75.6 cm³/mol. The number of rotatable bonds is 5. The van der Waals surface area contributed by atoms with Gasteiger partial charge < -0.3 is 15.4 Å². The molecule has 0 saturated carbocycles. The highest BCUT2D eigenvalue weighted by atomic mass is 16.5. The van der Waals surface area contributed by atoms with Gasteiger partial charge in [0.25, 0.3) is 5.91 Å². The van der Waals surface area contributed by atoms with E-state index < -0.39 is 0 Å². The first kappa shape index (κ1) is 13.9. The van der Waals surface area contributed by atoms with Gasteiger partial charge in [0.05, 0.1) is 6.61 Å². The third-order valence-electron chi connectivity index (χ3n) is 3.20. The lowest BCUT2D eigenvalue weighted by Crippen LogP contribution is -2.45. The fourth-order valence-corrected chi connectivity index (χ4v) is 2.19. The van der Waals surface area contributed by atoms with Gasteiger partial charge in [-0.05, 0) is 44.0 Å². The first-order chi connectivity index (χ1) is 9.29. The van der Waals surface area contributed by atoms with E-state index >= 15 is 0 Å². The highest BCUT2D eigenvalue weighted by Crippen LogP contribution is 2.14. The number of amides is 1. The average molecular weight is 262 g/mol. The molecule has 2 rings (SSSR count). The number of hydrogen-bond donors (Lipinski definition) is 2. The normalized spacial score (nSPS) is 18.9. The Hall–Kier alpha value is -1.55. The van der Waals surface area contributed by atoms with Crippen molar-refractivity contribution in [3.63, 3.8) is 0 Å². The van der Waals surface area contributed by atoms with Gasteiger partial charge >= 0.3 is 0 Å². The van der Waals surface area contributed by atoms with Gasteiger partial charge in [-0.15, -0.1) is 0 Å². The largest absolute Gasteiger partial charge is 0.494 e. The lowest BCUT2D eigenvalue weighted by molar-refractivity contribution is 0.0930. The van der Waals surface area contributed by atoms with E-state index in [0.717, 1.165) is 38.1 Å². The molecule has 1 heterocycles. The van der Waals surface area contributed by atoms with Crippen molar-refractivity contribution in [2.24, 2.45) is 0 Å². The summed E-state index contributed by atoms with van der Waals surface area (Å²) >= 11 is 0. The number of piperidine rings is 1. The van der Waals surface area contributed by atoms with E-state index in [4.69, 9.17) is 4.74 Å². The maximum Gasteiger partial charge on any atom is 0.251 e.